The molecule has 4 aromatic rings. The van der Waals surface area contributed by atoms with Crippen molar-refractivity contribution in [1.82, 2.24) is 0 Å². The highest BCUT2D eigenvalue weighted by Crippen LogP contribution is 2.44. The molecule has 0 amide bonds. The molecule has 0 saturated carbocycles. The molecule has 0 N–H and O–H groups in total. The number of pyridine rings is 1. The Hall–Kier alpha value is -3.72. The van der Waals surface area contributed by atoms with E-state index >= 15 is 0 Å². The van der Waals surface area contributed by atoms with E-state index in [4.69, 9.17) is 4.74 Å². The molecule has 33 heavy (non-hydrogen) atoms. The summed E-state index contributed by atoms with van der Waals surface area (Å²) >= 11 is 0. The molecule has 2 aliphatic rings. The number of carbonyl (C=O) groups is 1. The van der Waals surface area contributed by atoms with Crippen molar-refractivity contribution in [2.75, 3.05) is 7.11 Å². The Balaban J connectivity index is 1.78. The van der Waals surface area contributed by atoms with Crippen molar-refractivity contribution in [1.29, 1.82) is 0 Å². The second kappa shape index (κ2) is 8.00. The summed E-state index contributed by atoms with van der Waals surface area (Å²) in [5.74, 6) is -0.219. The quantitative estimate of drug-likeness (QED) is 0.323. The molecule has 1 heterocycles. The van der Waals surface area contributed by atoms with Crippen molar-refractivity contribution in [3.8, 4) is 33.6 Å². The number of rotatable bonds is 3. The predicted molar refractivity (Wildman–Crippen MR) is 130 cm³/mol. The van der Waals surface area contributed by atoms with Crippen LogP contribution in [-0.4, -0.2) is 13.1 Å². The molecule has 0 spiro atoms. The third-order valence-corrected chi connectivity index (χ3v) is 7.13. The van der Waals surface area contributed by atoms with Crippen LogP contribution in [0.5, 0.6) is 0 Å². The smallest absolute Gasteiger partial charge is 0.372 e. The average Bonchev–Trinajstić information content (AvgIpc) is 2.88. The second-order valence-electron chi connectivity index (χ2n) is 8.87. The van der Waals surface area contributed by atoms with Crippen LogP contribution in [0.3, 0.4) is 0 Å². The van der Waals surface area contributed by atoms with Crippen molar-refractivity contribution < 1.29 is 14.1 Å². The highest BCUT2D eigenvalue weighted by Gasteiger charge is 2.38. The SMILES string of the molecule is COC(=O)C[n+]1c2c(c(-c3ccccc3)c3c1-c1ccccc1CC3)CCc1ccccc1-2. The van der Waals surface area contributed by atoms with Crippen LogP contribution in [0, 0.1) is 0 Å². The summed E-state index contributed by atoms with van der Waals surface area (Å²) in [7, 11) is 1.47. The molecular weight excluding hydrogens is 406 g/mol. The Kier molecular flexibility index (Phi) is 4.83. The van der Waals surface area contributed by atoms with Crippen LogP contribution in [0.15, 0.2) is 78.9 Å². The van der Waals surface area contributed by atoms with E-state index in [0.717, 1.165) is 37.1 Å². The van der Waals surface area contributed by atoms with Crippen LogP contribution in [0.4, 0.5) is 0 Å². The van der Waals surface area contributed by atoms with Gasteiger partial charge in [0.25, 0.3) is 0 Å². The molecule has 162 valence electrons. The van der Waals surface area contributed by atoms with Crippen molar-refractivity contribution >= 4 is 5.97 Å². The summed E-state index contributed by atoms with van der Waals surface area (Å²) in [6.45, 7) is 0.207. The number of methoxy groups -OCH3 is 1. The Bertz CT molecular complexity index is 1310. The number of ether oxygens (including phenoxy) is 1. The van der Waals surface area contributed by atoms with Gasteiger partial charge in [-0.15, -0.1) is 0 Å². The molecule has 0 aliphatic heterocycles. The Labute approximate surface area is 194 Å². The Morgan fingerprint density at radius 2 is 1.24 bits per heavy atom. The molecule has 0 radical (unpaired) electrons. The normalized spacial score (nSPS) is 13.4. The van der Waals surface area contributed by atoms with Crippen molar-refractivity contribution in [2.45, 2.75) is 32.2 Å². The lowest BCUT2D eigenvalue weighted by Gasteiger charge is -2.28. The summed E-state index contributed by atoms with van der Waals surface area (Å²) in [5.41, 5.74) is 12.8. The summed E-state index contributed by atoms with van der Waals surface area (Å²) in [6, 6.07) is 28.0. The molecule has 6 rings (SSSR count). The predicted octanol–water partition coefficient (Wildman–Crippen LogP) is 5.35. The van der Waals surface area contributed by atoms with Crippen molar-refractivity contribution in [2.24, 2.45) is 0 Å². The number of esters is 1. The maximum absolute atomic E-state index is 12.7. The molecule has 1 aromatic heterocycles. The van der Waals surface area contributed by atoms with E-state index in [0.29, 0.717) is 0 Å². The Morgan fingerprint density at radius 3 is 1.79 bits per heavy atom. The monoisotopic (exact) mass is 432 g/mol. The van der Waals surface area contributed by atoms with Gasteiger partial charge in [-0.3, -0.25) is 0 Å². The maximum atomic E-state index is 12.7. The number of hydrogen-bond acceptors (Lipinski definition) is 2. The van der Waals surface area contributed by atoms with E-state index in [9.17, 15) is 4.79 Å². The van der Waals surface area contributed by atoms with Gasteiger partial charge in [0.15, 0.2) is 0 Å². The third kappa shape index (κ3) is 3.19. The number of aryl methyl sites for hydroxylation is 2. The van der Waals surface area contributed by atoms with Crippen molar-refractivity contribution in [3.05, 3.63) is 101 Å². The standard InChI is InChI=1S/C30H26NO2/c1-33-27(32)19-31-29-23-13-7-5-9-20(23)15-17-25(29)28(22-11-3-2-4-12-22)26-18-16-21-10-6-8-14-24(21)30(26)31/h2-14H,15-19H2,1H3/q+1. The van der Waals surface area contributed by atoms with Gasteiger partial charge in [-0.2, -0.15) is 4.57 Å². The minimum absolute atomic E-state index is 0.207. The average molecular weight is 433 g/mol. The molecule has 0 atom stereocenters. The molecule has 3 heteroatoms. The van der Waals surface area contributed by atoms with Gasteiger partial charge in [0.2, 0.25) is 17.9 Å². The topological polar surface area (TPSA) is 30.2 Å². The van der Waals surface area contributed by atoms with Crippen molar-refractivity contribution in [3.63, 3.8) is 0 Å². The van der Waals surface area contributed by atoms with E-state index in [-0.39, 0.29) is 12.5 Å². The third-order valence-electron chi connectivity index (χ3n) is 7.13. The van der Waals surface area contributed by atoms with Gasteiger partial charge in [-0.25, -0.2) is 4.79 Å². The van der Waals surface area contributed by atoms with E-state index < -0.39 is 0 Å². The number of nitrogens with zero attached hydrogens (tertiary/aromatic N) is 1. The number of hydrogen-bond donors (Lipinski definition) is 0. The Morgan fingerprint density at radius 1 is 0.727 bits per heavy atom. The minimum atomic E-state index is -0.219. The molecule has 2 aliphatic carbocycles. The van der Waals surface area contributed by atoms with Crippen LogP contribution in [0.2, 0.25) is 0 Å². The lowest BCUT2D eigenvalue weighted by atomic mass is 9.77. The van der Waals surface area contributed by atoms with Crippen LogP contribution in [0.1, 0.15) is 22.3 Å². The number of benzene rings is 3. The van der Waals surface area contributed by atoms with E-state index in [1.807, 2.05) is 0 Å². The largest absolute Gasteiger partial charge is 0.464 e. The lowest BCUT2D eigenvalue weighted by Crippen LogP contribution is -2.46. The molecule has 0 saturated heterocycles. The molecule has 0 fully saturated rings. The minimum Gasteiger partial charge on any atom is -0.464 e. The van der Waals surface area contributed by atoms with Gasteiger partial charge in [-0.1, -0.05) is 66.7 Å². The van der Waals surface area contributed by atoms with E-state index in [2.05, 4.69) is 83.4 Å². The molecular formula is C30H26NO2+. The first-order valence-corrected chi connectivity index (χ1v) is 11.7. The van der Waals surface area contributed by atoms with Crippen LogP contribution in [0.25, 0.3) is 33.6 Å². The maximum Gasteiger partial charge on any atom is 0.372 e. The number of aromatic nitrogens is 1. The van der Waals surface area contributed by atoms with Crippen LogP contribution in [-0.2, 0) is 41.8 Å². The number of carbonyl (C=O) groups excluding carboxylic acids is 1. The zero-order valence-corrected chi connectivity index (χ0v) is 18.8. The molecule has 0 unspecified atom stereocenters. The summed E-state index contributed by atoms with van der Waals surface area (Å²) < 4.78 is 7.42. The highest BCUT2D eigenvalue weighted by atomic mass is 16.5. The van der Waals surface area contributed by atoms with E-state index in [1.165, 1.54) is 51.6 Å². The van der Waals surface area contributed by atoms with Gasteiger partial charge in [0.05, 0.1) is 7.11 Å². The van der Waals surface area contributed by atoms with Crippen LogP contribution < -0.4 is 4.57 Å². The first-order chi connectivity index (χ1) is 16.3. The fraction of sp³-hybridized carbons (Fsp3) is 0.200. The zero-order valence-electron chi connectivity index (χ0n) is 18.8. The van der Waals surface area contributed by atoms with Gasteiger partial charge >= 0.3 is 5.97 Å². The molecule has 0 bridgehead atoms. The van der Waals surface area contributed by atoms with Gasteiger partial charge in [0, 0.05) is 27.8 Å². The fourth-order valence-corrected chi connectivity index (χ4v) is 5.72. The summed E-state index contributed by atoms with van der Waals surface area (Å²) in [6.07, 6.45) is 3.95. The van der Waals surface area contributed by atoms with Gasteiger partial charge in [0.1, 0.15) is 0 Å². The first-order valence-electron chi connectivity index (χ1n) is 11.7. The zero-order chi connectivity index (χ0) is 22.4. The first kappa shape index (κ1) is 19.9. The molecule has 3 nitrogen and oxygen atoms in total. The van der Waals surface area contributed by atoms with Gasteiger partial charge in [-0.05, 0) is 54.5 Å². The van der Waals surface area contributed by atoms with E-state index in [1.54, 1.807) is 0 Å². The second-order valence-corrected chi connectivity index (χ2v) is 8.87. The highest BCUT2D eigenvalue weighted by molar-refractivity contribution is 5.85. The lowest BCUT2D eigenvalue weighted by molar-refractivity contribution is -0.665. The van der Waals surface area contributed by atoms with Gasteiger partial charge < -0.3 is 4.74 Å². The summed E-state index contributed by atoms with van der Waals surface area (Å²) in [4.78, 5) is 12.7. The number of fused-ring (bicyclic) bond motifs is 6. The van der Waals surface area contributed by atoms with Crippen LogP contribution >= 0.6 is 0 Å². The fourth-order valence-electron chi connectivity index (χ4n) is 5.72. The molecule has 3 aromatic carbocycles. The summed E-state index contributed by atoms with van der Waals surface area (Å²) in [5, 5.41) is 0.